The first-order chi connectivity index (χ1) is 10.5. The fourth-order valence-electron chi connectivity index (χ4n) is 2.36. The number of hydrogen-bond donors (Lipinski definition) is 1. The van der Waals surface area contributed by atoms with Crippen molar-refractivity contribution in [3.8, 4) is 0 Å². The van der Waals surface area contributed by atoms with Gasteiger partial charge in [0.1, 0.15) is 5.60 Å². The lowest BCUT2D eigenvalue weighted by Crippen LogP contribution is -2.31. The standard InChI is InChI=1S/C18H32N2O2/c1-18(2,3)22-17(21)13-9-7-5-4-6-8-11-15-20-16-12-10-14-19-20/h10,12,14,16,19H,4-9,11,13,15H2,1-3H3. The van der Waals surface area contributed by atoms with Crippen LogP contribution in [0.3, 0.4) is 0 Å². The zero-order valence-electron chi connectivity index (χ0n) is 14.4. The van der Waals surface area contributed by atoms with Crippen LogP contribution in [0, 0.1) is 0 Å². The highest BCUT2D eigenvalue weighted by atomic mass is 16.6. The molecule has 4 heteroatoms. The average Bonchev–Trinajstić information content (AvgIpc) is 2.44. The molecule has 0 aliphatic carbocycles. The Labute approximate surface area is 135 Å². The highest BCUT2D eigenvalue weighted by Gasteiger charge is 2.15. The van der Waals surface area contributed by atoms with E-state index in [4.69, 9.17) is 4.74 Å². The number of nitrogens with one attached hydrogen (secondary N) is 1. The molecular formula is C18H32N2O2. The van der Waals surface area contributed by atoms with Crippen molar-refractivity contribution in [1.29, 1.82) is 0 Å². The number of nitrogens with zero attached hydrogens (tertiary/aromatic N) is 1. The van der Waals surface area contributed by atoms with Crippen LogP contribution in [0.15, 0.2) is 24.6 Å². The quantitative estimate of drug-likeness (QED) is 0.483. The molecule has 0 fully saturated rings. The molecule has 0 unspecified atom stereocenters. The number of allylic oxidation sites excluding steroid dienone is 2. The third kappa shape index (κ3) is 10.3. The van der Waals surface area contributed by atoms with Gasteiger partial charge in [-0.2, -0.15) is 0 Å². The number of carbonyl (C=O) groups is 1. The van der Waals surface area contributed by atoms with E-state index in [-0.39, 0.29) is 11.6 Å². The molecule has 1 heterocycles. The van der Waals surface area contributed by atoms with E-state index in [0.717, 1.165) is 19.4 Å². The van der Waals surface area contributed by atoms with Crippen LogP contribution in [0.5, 0.6) is 0 Å². The van der Waals surface area contributed by atoms with Crippen molar-refractivity contribution in [3.63, 3.8) is 0 Å². The predicted octanol–water partition coefficient (Wildman–Crippen LogP) is 4.30. The van der Waals surface area contributed by atoms with Crippen molar-refractivity contribution in [2.75, 3.05) is 6.54 Å². The highest BCUT2D eigenvalue weighted by Crippen LogP contribution is 2.12. The second-order valence-electron chi connectivity index (χ2n) is 6.83. The Morgan fingerprint density at radius 1 is 1.00 bits per heavy atom. The van der Waals surface area contributed by atoms with Crippen molar-refractivity contribution < 1.29 is 9.53 Å². The van der Waals surface area contributed by atoms with E-state index < -0.39 is 0 Å². The van der Waals surface area contributed by atoms with Crippen molar-refractivity contribution in [2.45, 2.75) is 77.7 Å². The Bertz CT molecular complexity index is 370. The van der Waals surface area contributed by atoms with Gasteiger partial charge in [-0.15, -0.1) is 0 Å². The van der Waals surface area contributed by atoms with Gasteiger partial charge in [-0.1, -0.05) is 32.1 Å². The van der Waals surface area contributed by atoms with Crippen molar-refractivity contribution in [2.24, 2.45) is 0 Å². The molecule has 0 saturated carbocycles. The number of unbranched alkanes of at least 4 members (excludes halogenated alkanes) is 6. The van der Waals surface area contributed by atoms with E-state index >= 15 is 0 Å². The van der Waals surface area contributed by atoms with Crippen LogP contribution < -0.4 is 5.43 Å². The van der Waals surface area contributed by atoms with Gasteiger partial charge >= 0.3 is 5.97 Å². The van der Waals surface area contributed by atoms with E-state index in [0.29, 0.717) is 6.42 Å². The molecule has 0 amide bonds. The summed E-state index contributed by atoms with van der Waals surface area (Å²) < 4.78 is 5.30. The van der Waals surface area contributed by atoms with Gasteiger partial charge < -0.3 is 10.2 Å². The lowest BCUT2D eigenvalue weighted by atomic mass is 10.1. The van der Waals surface area contributed by atoms with Crippen molar-refractivity contribution in [3.05, 3.63) is 24.6 Å². The SMILES string of the molecule is CC(C)(C)OC(=O)CCCCCCCCCN1C=CC=CN1. The summed E-state index contributed by atoms with van der Waals surface area (Å²) >= 11 is 0. The first-order valence-corrected chi connectivity index (χ1v) is 8.55. The van der Waals surface area contributed by atoms with E-state index in [1.54, 1.807) is 0 Å². The van der Waals surface area contributed by atoms with Crippen LogP contribution in [0.1, 0.15) is 72.1 Å². The van der Waals surface area contributed by atoms with Gasteiger partial charge in [0, 0.05) is 25.4 Å². The summed E-state index contributed by atoms with van der Waals surface area (Å²) in [5.41, 5.74) is 2.83. The van der Waals surface area contributed by atoms with Gasteiger partial charge in [-0.25, -0.2) is 0 Å². The summed E-state index contributed by atoms with van der Waals surface area (Å²) in [6.45, 7) is 6.79. The van der Waals surface area contributed by atoms with Gasteiger partial charge in [0.2, 0.25) is 0 Å². The average molecular weight is 308 g/mol. The maximum absolute atomic E-state index is 11.5. The molecule has 0 radical (unpaired) electrons. The van der Waals surface area contributed by atoms with Crippen molar-refractivity contribution in [1.82, 2.24) is 10.4 Å². The molecule has 0 bridgehead atoms. The minimum Gasteiger partial charge on any atom is -0.460 e. The van der Waals surface area contributed by atoms with Gasteiger partial charge in [0.15, 0.2) is 0 Å². The maximum atomic E-state index is 11.5. The van der Waals surface area contributed by atoms with Crippen LogP contribution in [-0.2, 0) is 9.53 Å². The molecule has 1 N–H and O–H groups in total. The van der Waals surface area contributed by atoms with Crippen LogP contribution >= 0.6 is 0 Å². The molecule has 22 heavy (non-hydrogen) atoms. The summed E-state index contributed by atoms with van der Waals surface area (Å²) in [4.78, 5) is 11.5. The monoisotopic (exact) mass is 308 g/mol. The summed E-state index contributed by atoms with van der Waals surface area (Å²) in [5.74, 6) is -0.0661. The molecule has 126 valence electrons. The Hall–Kier alpha value is -1.45. The number of rotatable bonds is 10. The van der Waals surface area contributed by atoms with Gasteiger partial charge in [0.05, 0.1) is 0 Å². The molecule has 0 spiro atoms. The molecule has 1 aliphatic heterocycles. The van der Waals surface area contributed by atoms with Crippen LogP contribution in [0.2, 0.25) is 0 Å². The van der Waals surface area contributed by atoms with Crippen LogP contribution in [0.4, 0.5) is 0 Å². The van der Waals surface area contributed by atoms with Gasteiger partial charge in [-0.3, -0.25) is 9.80 Å². The minimum atomic E-state index is -0.356. The molecule has 4 nitrogen and oxygen atoms in total. The Kier molecular flexibility index (Phi) is 8.71. The highest BCUT2D eigenvalue weighted by molar-refractivity contribution is 5.69. The molecular weight excluding hydrogens is 276 g/mol. The fourth-order valence-corrected chi connectivity index (χ4v) is 2.36. The number of hydrogen-bond acceptors (Lipinski definition) is 4. The largest absolute Gasteiger partial charge is 0.460 e. The first-order valence-electron chi connectivity index (χ1n) is 8.55. The Balaban J connectivity index is 1.84. The third-order valence-electron chi connectivity index (χ3n) is 3.41. The minimum absolute atomic E-state index is 0.0661. The number of hydrazine groups is 1. The Morgan fingerprint density at radius 2 is 1.64 bits per heavy atom. The number of ether oxygens (including phenoxy) is 1. The Morgan fingerprint density at radius 3 is 2.23 bits per heavy atom. The molecule has 0 aromatic carbocycles. The summed E-state index contributed by atoms with van der Waals surface area (Å²) in [6.07, 6.45) is 16.9. The van der Waals surface area contributed by atoms with E-state index in [9.17, 15) is 4.79 Å². The maximum Gasteiger partial charge on any atom is 0.306 e. The molecule has 1 rings (SSSR count). The molecule has 0 aromatic heterocycles. The smallest absolute Gasteiger partial charge is 0.306 e. The van der Waals surface area contributed by atoms with Gasteiger partial charge in [0.25, 0.3) is 0 Å². The second-order valence-corrected chi connectivity index (χ2v) is 6.83. The van der Waals surface area contributed by atoms with E-state index in [1.165, 1.54) is 32.1 Å². The lowest BCUT2D eigenvalue weighted by Gasteiger charge is -2.21. The second kappa shape index (κ2) is 10.3. The zero-order chi connectivity index (χ0) is 16.3. The topological polar surface area (TPSA) is 41.6 Å². The molecule has 0 saturated heterocycles. The van der Waals surface area contributed by atoms with Crippen LogP contribution in [-0.4, -0.2) is 23.1 Å². The number of esters is 1. The molecule has 1 aliphatic rings. The van der Waals surface area contributed by atoms with Gasteiger partial charge in [-0.05, 0) is 45.8 Å². The summed E-state index contributed by atoms with van der Waals surface area (Å²) in [5, 5.41) is 2.11. The first kappa shape index (κ1) is 18.6. The van der Waals surface area contributed by atoms with Crippen LogP contribution in [0.25, 0.3) is 0 Å². The predicted molar refractivity (Wildman–Crippen MR) is 90.9 cm³/mol. The number of carbonyl (C=O) groups excluding carboxylic acids is 1. The fraction of sp³-hybridized carbons (Fsp3) is 0.722. The van der Waals surface area contributed by atoms with E-state index in [2.05, 4.69) is 16.6 Å². The molecule has 0 atom stereocenters. The van der Waals surface area contributed by atoms with E-state index in [1.807, 2.05) is 39.1 Å². The normalized spacial score (nSPS) is 14.0. The lowest BCUT2D eigenvalue weighted by molar-refractivity contribution is -0.154. The summed E-state index contributed by atoms with van der Waals surface area (Å²) in [6, 6.07) is 0. The summed E-state index contributed by atoms with van der Waals surface area (Å²) in [7, 11) is 0. The van der Waals surface area contributed by atoms with Crippen molar-refractivity contribution >= 4 is 5.97 Å². The molecule has 0 aromatic rings. The third-order valence-corrected chi connectivity index (χ3v) is 3.41. The zero-order valence-corrected chi connectivity index (χ0v) is 14.4.